The number of aliphatic hydroxyl groups is 2. The molecule has 14 heteroatoms. The average molecular weight is 747 g/mol. The fourth-order valence-electron chi connectivity index (χ4n) is 7.12. The lowest BCUT2D eigenvalue weighted by atomic mass is 9.64. The summed E-state index contributed by atoms with van der Waals surface area (Å²) >= 11 is 0. The van der Waals surface area contributed by atoms with Crippen LogP contribution in [0.25, 0.3) is 0 Å². The Balaban J connectivity index is 6.69. The summed E-state index contributed by atoms with van der Waals surface area (Å²) in [5, 5.41) is 62.8. The van der Waals surface area contributed by atoms with Crippen LogP contribution in [0.4, 0.5) is 0 Å². The normalized spacial score (nSPS) is 14.2. The third-order valence-electron chi connectivity index (χ3n) is 10.3. The first-order valence-corrected chi connectivity index (χ1v) is 19.2. The van der Waals surface area contributed by atoms with Crippen molar-refractivity contribution in [1.29, 1.82) is 0 Å². The topological polar surface area (TPSA) is 242 Å². The maximum Gasteiger partial charge on any atom is 0.337 e. The highest BCUT2D eigenvalue weighted by atomic mass is 16.6. The van der Waals surface area contributed by atoms with Crippen LogP contribution in [0.1, 0.15) is 169 Å². The van der Waals surface area contributed by atoms with E-state index in [9.17, 15) is 59.4 Å². The Bertz CT molecular complexity index is 1010. The summed E-state index contributed by atoms with van der Waals surface area (Å²) in [6.07, 6.45) is 6.63. The first kappa shape index (κ1) is 48.7. The summed E-state index contributed by atoms with van der Waals surface area (Å²) in [6.45, 7) is 6.49. The third-order valence-corrected chi connectivity index (χ3v) is 10.3. The van der Waals surface area contributed by atoms with E-state index in [1.807, 2.05) is 27.7 Å². The summed E-state index contributed by atoms with van der Waals surface area (Å²) in [5.74, 6) is -9.35. The first-order valence-electron chi connectivity index (χ1n) is 19.2. The molecule has 6 N–H and O–H groups in total. The lowest BCUT2D eigenvalue weighted by Crippen LogP contribution is -2.60. The van der Waals surface area contributed by atoms with Crippen molar-refractivity contribution in [2.45, 2.75) is 180 Å². The van der Waals surface area contributed by atoms with E-state index in [2.05, 4.69) is 0 Å². The average Bonchev–Trinajstić information content (AvgIpc) is 3.07. The van der Waals surface area contributed by atoms with Crippen molar-refractivity contribution in [3.8, 4) is 0 Å². The van der Waals surface area contributed by atoms with Crippen molar-refractivity contribution in [3.63, 3.8) is 0 Å². The Morgan fingerprint density at radius 3 is 0.865 bits per heavy atom. The molecule has 0 saturated carbocycles. The minimum Gasteiger partial charge on any atom is -0.481 e. The van der Waals surface area contributed by atoms with Crippen molar-refractivity contribution < 1.29 is 68.9 Å². The Hall–Kier alpha value is -3.26. The molecule has 0 radical (unpaired) electrons. The van der Waals surface area contributed by atoms with Gasteiger partial charge in [0.15, 0.2) is 11.2 Å². The highest BCUT2D eigenvalue weighted by Gasteiger charge is 2.63. The number of aliphatic carboxylic acids is 4. The maximum atomic E-state index is 14.0. The third kappa shape index (κ3) is 13.9. The molecule has 0 rings (SSSR count). The van der Waals surface area contributed by atoms with E-state index >= 15 is 0 Å². The zero-order valence-corrected chi connectivity index (χ0v) is 31.9. The van der Waals surface area contributed by atoms with Gasteiger partial charge in [-0.05, 0) is 25.7 Å². The molecular formula is C38H66O14. The van der Waals surface area contributed by atoms with E-state index in [4.69, 9.17) is 9.47 Å². The molecule has 0 aromatic carbocycles. The van der Waals surface area contributed by atoms with Crippen LogP contribution in [0.5, 0.6) is 0 Å². The van der Waals surface area contributed by atoms with E-state index in [0.29, 0.717) is 51.4 Å². The van der Waals surface area contributed by atoms with Gasteiger partial charge in [0.1, 0.15) is 24.0 Å². The zero-order chi connectivity index (χ0) is 39.8. The number of ether oxygens (including phenoxy) is 2. The van der Waals surface area contributed by atoms with Crippen LogP contribution in [-0.2, 0) is 38.2 Å². The summed E-state index contributed by atoms with van der Waals surface area (Å²) < 4.78 is 11.0. The highest BCUT2D eigenvalue weighted by Crippen LogP contribution is 2.47. The number of unbranched alkanes of at least 4 members (excludes halogenated alkanes) is 12. The highest BCUT2D eigenvalue weighted by molar-refractivity contribution is 5.93. The summed E-state index contributed by atoms with van der Waals surface area (Å²) in [5.41, 5.74) is -10.4. The Labute approximate surface area is 308 Å². The van der Waals surface area contributed by atoms with E-state index in [0.717, 1.165) is 51.4 Å². The Morgan fingerprint density at radius 2 is 0.673 bits per heavy atom. The molecule has 0 bridgehead atoms. The van der Waals surface area contributed by atoms with Gasteiger partial charge in [0.05, 0.1) is 12.8 Å². The summed E-state index contributed by atoms with van der Waals surface area (Å²) in [4.78, 5) is 76.9. The van der Waals surface area contributed by atoms with E-state index in [-0.39, 0.29) is 25.7 Å². The van der Waals surface area contributed by atoms with Crippen LogP contribution in [0.15, 0.2) is 0 Å². The van der Waals surface area contributed by atoms with Crippen LogP contribution in [0, 0.1) is 10.8 Å². The molecule has 2 atom stereocenters. The predicted octanol–water partition coefficient (Wildman–Crippen LogP) is 6.51. The second kappa shape index (κ2) is 24.9. The maximum absolute atomic E-state index is 14.0. The van der Waals surface area contributed by atoms with Gasteiger partial charge in [0.2, 0.25) is 0 Å². The van der Waals surface area contributed by atoms with Gasteiger partial charge in [0, 0.05) is 0 Å². The molecular weight excluding hydrogens is 680 g/mol. The van der Waals surface area contributed by atoms with Crippen molar-refractivity contribution >= 4 is 35.8 Å². The SMILES string of the molecule is CCCCCCC(CCCCCC)(C(=O)OCCOC(=O)C(CCCCCC)(CCCCCC)C(O)(CC(=O)O)C(=O)O)C(O)(CC(=O)O)C(=O)O. The quantitative estimate of drug-likeness (QED) is 0.0310. The van der Waals surface area contributed by atoms with Crippen molar-refractivity contribution in [2.24, 2.45) is 10.8 Å². The van der Waals surface area contributed by atoms with Gasteiger partial charge in [-0.3, -0.25) is 19.2 Å². The van der Waals surface area contributed by atoms with Crippen LogP contribution >= 0.6 is 0 Å². The number of carboxylic acids is 4. The number of rotatable bonds is 33. The molecule has 0 aromatic rings. The zero-order valence-electron chi connectivity index (χ0n) is 31.9. The second-order valence-corrected chi connectivity index (χ2v) is 14.2. The molecule has 302 valence electrons. The minimum atomic E-state index is -3.02. The van der Waals surface area contributed by atoms with Crippen LogP contribution < -0.4 is 0 Å². The van der Waals surface area contributed by atoms with Gasteiger partial charge in [0.25, 0.3) is 0 Å². The largest absolute Gasteiger partial charge is 0.481 e. The number of hydrogen-bond donors (Lipinski definition) is 6. The molecule has 2 unspecified atom stereocenters. The number of hydrogen-bond acceptors (Lipinski definition) is 10. The van der Waals surface area contributed by atoms with Crippen molar-refractivity contribution in [3.05, 3.63) is 0 Å². The van der Waals surface area contributed by atoms with Gasteiger partial charge < -0.3 is 40.1 Å². The first-order chi connectivity index (χ1) is 24.5. The minimum absolute atomic E-state index is 0.173. The standard InChI is InChI=1S/C38H66O14/c1-5-9-13-17-21-35(22-18-14-10-6-2,37(49,31(43)44)27-29(39)40)33(47)51-25-26-52-34(48)36(23-19-15-11-7-3,24-20-16-12-8-4)38(50,32(45)46)28-30(41)42/h49-50H,5-28H2,1-4H3,(H,39,40)(H,41,42)(H,43,44)(H,45,46). The fourth-order valence-corrected chi connectivity index (χ4v) is 7.12. The molecule has 0 aliphatic carbocycles. The molecule has 0 aliphatic heterocycles. The lowest BCUT2D eigenvalue weighted by molar-refractivity contribution is -0.203. The van der Waals surface area contributed by atoms with Gasteiger partial charge in [-0.25, -0.2) is 9.59 Å². The number of carbonyl (C=O) groups excluding carboxylic acids is 2. The Morgan fingerprint density at radius 1 is 0.423 bits per heavy atom. The van der Waals surface area contributed by atoms with Gasteiger partial charge in [-0.15, -0.1) is 0 Å². The van der Waals surface area contributed by atoms with E-state index < -0.39 is 83.9 Å². The van der Waals surface area contributed by atoms with Crippen LogP contribution in [0.2, 0.25) is 0 Å². The molecule has 0 aliphatic rings. The summed E-state index contributed by atoms with van der Waals surface area (Å²) in [6, 6.07) is 0. The molecule has 0 saturated heterocycles. The van der Waals surface area contributed by atoms with E-state index in [1.165, 1.54) is 0 Å². The van der Waals surface area contributed by atoms with Crippen molar-refractivity contribution in [1.82, 2.24) is 0 Å². The Kier molecular flexibility index (Phi) is 23.3. The van der Waals surface area contributed by atoms with Gasteiger partial charge >= 0.3 is 35.8 Å². The van der Waals surface area contributed by atoms with Crippen LogP contribution in [0.3, 0.4) is 0 Å². The smallest absolute Gasteiger partial charge is 0.337 e. The molecule has 0 amide bonds. The van der Waals surface area contributed by atoms with Gasteiger partial charge in [-0.2, -0.15) is 0 Å². The fraction of sp³-hybridized carbons (Fsp3) is 0.842. The molecule has 0 spiro atoms. The number of carbonyl (C=O) groups is 6. The van der Waals surface area contributed by atoms with Crippen LogP contribution in [-0.4, -0.2) is 90.9 Å². The molecule has 52 heavy (non-hydrogen) atoms. The number of esters is 2. The molecule has 14 nitrogen and oxygen atoms in total. The predicted molar refractivity (Wildman–Crippen MR) is 191 cm³/mol. The molecule has 0 heterocycles. The monoisotopic (exact) mass is 746 g/mol. The molecule has 0 aromatic heterocycles. The molecule has 0 fully saturated rings. The lowest BCUT2D eigenvalue weighted by Gasteiger charge is -2.43. The second-order valence-electron chi connectivity index (χ2n) is 14.2. The van der Waals surface area contributed by atoms with Crippen molar-refractivity contribution in [2.75, 3.05) is 13.2 Å². The van der Waals surface area contributed by atoms with E-state index in [1.54, 1.807) is 0 Å². The van der Waals surface area contributed by atoms with Gasteiger partial charge in [-0.1, -0.05) is 130 Å². The summed E-state index contributed by atoms with van der Waals surface area (Å²) in [7, 11) is 0. The number of carboxylic acid groups (broad SMARTS) is 4.